The van der Waals surface area contributed by atoms with E-state index in [9.17, 15) is 9.90 Å². The van der Waals surface area contributed by atoms with Gasteiger partial charge in [0.25, 0.3) is 0 Å². The van der Waals surface area contributed by atoms with Crippen LogP contribution in [0.4, 0.5) is 0 Å². The lowest BCUT2D eigenvalue weighted by atomic mass is 9.95. The highest BCUT2D eigenvalue weighted by Crippen LogP contribution is 2.36. The summed E-state index contributed by atoms with van der Waals surface area (Å²) in [5, 5.41) is 20.5. The number of furan rings is 1. The van der Waals surface area contributed by atoms with Crippen LogP contribution in [0.2, 0.25) is 0 Å². The summed E-state index contributed by atoms with van der Waals surface area (Å²) in [6.45, 7) is 10.2. The zero-order chi connectivity index (χ0) is 32.1. The Hall–Kier alpha value is -3.77. The molecule has 0 aliphatic carbocycles. The number of aliphatic hydroxyl groups excluding tert-OH is 1. The number of aromatic carboxylic acids is 1. The fourth-order valence-electron chi connectivity index (χ4n) is 6.27. The maximum Gasteiger partial charge on any atom is 0.352 e. The molecule has 4 heterocycles. The number of likely N-dealkylation sites (tertiary alicyclic amines) is 2. The molecule has 2 aliphatic heterocycles. The van der Waals surface area contributed by atoms with Crippen molar-refractivity contribution in [1.82, 2.24) is 14.8 Å². The molecule has 0 radical (unpaired) electrons. The van der Waals surface area contributed by atoms with Gasteiger partial charge in [-0.1, -0.05) is 13.0 Å². The number of piperidine rings is 2. The first-order valence-corrected chi connectivity index (χ1v) is 15.7. The Morgan fingerprint density at radius 2 is 1.89 bits per heavy atom. The van der Waals surface area contributed by atoms with Crippen molar-refractivity contribution in [3.05, 3.63) is 53.9 Å². The number of hydrogen-bond donors (Lipinski definition) is 4. The number of benzene rings is 2. The third-order valence-electron chi connectivity index (χ3n) is 9.05. The van der Waals surface area contributed by atoms with Crippen molar-refractivity contribution in [2.45, 2.75) is 57.9 Å². The summed E-state index contributed by atoms with van der Waals surface area (Å²) in [7, 11) is 3.16. The molecule has 0 unspecified atom stereocenters. The average Bonchev–Trinajstić information content (AvgIpc) is 3.67. The number of carbonyl (C=O) groups is 1. The monoisotopic (exact) mass is 622 g/mol. The molecule has 5 N–H and O–H groups in total. The minimum Gasteiger partial charge on any atom is -0.496 e. The fraction of sp³-hybridized carbons (Fsp3) is 0.500. The van der Waals surface area contributed by atoms with Crippen molar-refractivity contribution >= 4 is 27.8 Å². The molecular formula is C34H46N4O7. The predicted octanol–water partition coefficient (Wildman–Crippen LogP) is 4.71. The number of aromatic nitrogens is 1. The van der Waals surface area contributed by atoms with E-state index in [2.05, 4.69) is 28.6 Å². The number of methoxy groups -OCH3 is 2. The first-order chi connectivity index (χ1) is 21.7. The van der Waals surface area contributed by atoms with Crippen LogP contribution in [0.3, 0.4) is 0 Å². The molecule has 2 fully saturated rings. The van der Waals surface area contributed by atoms with Crippen LogP contribution in [0.15, 0.2) is 47.1 Å². The molecule has 0 spiro atoms. The summed E-state index contributed by atoms with van der Waals surface area (Å²) in [6.07, 6.45) is 4.73. The molecule has 244 valence electrons. The standard InChI is InChI=1S/C20H17NO6.C14H29N3O/c1-24-12-6-17(25-2)19-11(10-27-18(19)7-12)9-26-16-5-3-4-14-13(16)8-15(21-14)20(22)23;1-11-9-17(8-5-14(11)18)12(2)10-16-6-3-13(15)4-7-16/h3-8,10,21H,9H2,1-2H3,(H,22,23);11-14,18H,3-10,15H2,1-2H3/t;11-,12-,14-/m.0/s1. The molecule has 45 heavy (non-hydrogen) atoms. The second kappa shape index (κ2) is 14.6. The number of aromatic amines is 1. The number of carboxylic acid groups (broad SMARTS) is 1. The molecule has 11 heteroatoms. The predicted molar refractivity (Wildman–Crippen MR) is 173 cm³/mol. The number of rotatable bonds is 9. The lowest BCUT2D eigenvalue weighted by Crippen LogP contribution is -2.51. The van der Waals surface area contributed by atoms with E-state index in [1.165, 1.54) is 0 Å². The molecule has 11 nitrogen and oxygen atoms in total. The van der Waals surface area contributed by atoms with Crippen molar-refractivity contribution in [3.8, 4) is 17.2 Å². The summed E-state index contributed by atoms with van der Waals surface area (Å²) in [4.78, 5) is 19.1. The Bertz CT molecular complexity index is 1580. The van der Waals surface area contributed by atoms with Gasteiger partial charge in [0.05, 0.1) is 32.0 Å². The minimum absolute atomic E-state index is 0.0959. The first-order valence-electron chi connectivity index (χ1n) is 15.7. The van der Waals surface area contributed by atoms with Crippen molar-refractivity contribution in [2.75, 3.05) is 46.9 Å². The first kappa shape index (κ1) is 32.6. The normalized spacial score (nSPS) is 20.5. The largest absolute Gasteiger partial charge is 0.496 e. The minimum atomic E-state index is -1.02. The number of nitrogens with zero attached hydrogens (tertiary/aromatic N) is 2. The number of ether oxygens (including phenoxy) is 3. The molecule has 2 aromatic carbocycles. The van der Waals surface area contributed by atoms with E-state index in [-0.39, 0.29) is 18.4 Å². The van der Waals surface area contributed by atoms with Gasteiger partial charge < -0.3 is 44.5 Å². The smallest absolute Gasteiger partial charge is 0.352 e. The molecule has 0 bridgehead atoms. The van der Waals surface area contributed by atoms with Crippen LogP contribution >= 0.6 is 0 Å². The zero-order valence-electron chi connectivity index (χ0n) is 26.6. The highest BCUT2D eigenvalue weighted by molar-refractivity contribution is 5.96. The molecule has 2 saturated heterocycles. The fourth-order valence-corrected chi connectivity index (χ4v) is 6.27. The van der Waals surface area contributed by atoms with E-state index in [1.807, 2.05) is 0 Å². The van der Waals surface area contributed by atoms with Gasteiger partial charge in [-0.05, 0) is 63.4 Å². The molecule has 2 aliphatic rings. The van der Waals surface area contributed by atoms with Crippen molar-refractivity contribution in [1.29, 1.82) is 0 Å². The van der Waals surface area contributed by atoms with Gasteiger partial charge in [0.2, 0.25) is 0 Å². The van der Waals surface area contributed by atoms with E-state index in [0.29, 0.717) is 51.7 Å². The number of hydrogen-bond acceptors (Lipinski definition) is 9. The van der Waals surface area contributed by atoms with Crippen LogP contribution in [0.1, 0.15) is 49.2 Å². The van der Waals surface area contributed by atoms with E-state index in [4.69, 9.17) is 29.5 Å². The third kappa shape index (κ3) is 7.73. The number of nitrogens with one attached hydrogen (secondary N) is 1. The maximum absolute atomic E-state index is 11.2. The van der Waals surface area contributed by atoms with Gasteiger partial charge in [-0.25, -0.2) is 4.79 Å². The molecule has 6 rings (SSSR count). The molecule has 2 aromatic heterocycles. The topological polar surface area (TPSA) is 147 Å². The van der Waals surface area contributed by atoms with E-state index in [0.717, 1.165) is 62.9 Å². The van der Waals surface area contributed by atoms with Gasteiger partial charge in [-0.3, -0.25) is 4.90 Å². The van der Waals surface area contributed by atoms with Crippen molar-refractivity contribution in [3.63, 3.8) is 0 Å². The number of H-pyrrole nitrogens is 1. The Kier molecular flexibility index (Phi) is 10.5. The van der Waals surface area contributed by atoms with Crippen LogP contribution in [0, 0.1) is 5.92 Å². The van der Waals surface area contributed by atoms with Gasteiger partial charge >= 0.3 is 5.97 Å². The maximum atomic E-state index is 11.2. The zero-order valence-corrected chi connectivity index (χ0v) is 26.6. The van der Waals surface area contributed by atoms with Gasteiger partial charge in [0.1, 0.15) is 35.1 Å². The molecule has 0 amide bonds. The number of aliphatic hydroxyl groups is 1. The van der Waals surface area contributed by atoms with Crippen molar-refractivity contribution < 1.29 is 33.6 Å². The van der Waals surface area contributed by atoms with Crippen molar-refractivity contribution in [2.24, 2.45) is 11.7 Å². The summed E-state index contributed by atoms with van der Waals surface area (Å²) in [5.74, 6) is 1.25. The van der Waals surface area contributed by atoms with Crippen LogP contribution in [0.5, 0.6) is 17.2 Å². The lowest BCUT2D eigenvalue weighted by molar-refractivity contribution is 0.0119. The molecule has 0 saturated carbocycles. The van der Waals surface area contributed by atoms with Crippen LogP contribution in [-0.4, -0.2) is 96.1 Å². The summed E-state index contributed by atoms with van der Waals surface area (Å²) >= 11 is 0. The Labute approximate surface area is 263 Å². The summed E-state index contributed by atoms with van der Waals surface area (Å²) in [5.41, 5.74) is 8.20. The number of fused-ring (bicyclic) bond motifs is 2. The van der Waals surface area contributed by atoms with Gasteiger partial charge in [0.15, 0.2) is 0 Å². The molecule has 4 aromatic rings. The molecule has 3 atom stereocenters. The average molecular weight is 623 g/mol. The third-order valence-corrected chi connectivity index (χ3v) is 9.05. The SMILES string of the molecule is COc1cc(OC)c2c(COc3cccc4[nH]c(C(=O)O)cc34)coc2c1.C[C@H]1CN([C@@H](C)CN2CCC(N)CC2)CC[C@@H]1O. The second-order valence-corrected chi connectivity index (χ2v) is 12.3. The second-order valence-electron chi connectivity index (χ2n) is 12.3. The van der Waals surface area contributed by atoms with Gasteiger partial charge in [0, 0.05) is 60.3 Å². The lowest BCUT2D eigenvalue weighted by Gasteiger charge is -2.41. The Morgan fingerprint density at radius 1 is 1.11 bits per heavy atom. The van der Waals surface area contributed by atoms with Gasteiger partial charge in [-0.15, -0.1) is 0 Å². The highest BCUT2D eigenvalue weighted by Gasteiger charge is 2.28. The quantitative estimate of drug-likeness (QED) is 0.207. The summed E-state index contributed by atoms with van der Waals surface area (Å²) in [6, 6.07) is 11.5. The Balaban J connectivity index is 0.000000194. The van der Waals surface area contributed by atoms with E-state index >= 15 is 0 Å². The van der Waals surface area contributed by atoms with Crippen LogP contribution in [-0.2, 0) is 6.61 Å². The number of nitrogens with two attached hydrogens (primary N) is 1. The molecular weight excluding hydrogens is 576 g/mol. The Morgan fingerprint density at radius 3 is 2.58 bits per heavy atom. The highest BCUT2D eigenvalue weighted by atomic mass is 16.5. The van der Waals surface area contributed by atoms with E-state index in [1.54, 1.807) is 56.9 Å². The van der Waals surface area contributed by atoms with E-state index < -0.39 is 5.97 Å². The summed E-state index contributed by atoms with van der Waals surface area (Å²) < 4.78 is 22.3. The van der Waals surface area contributed by atoms with Gasteiger partial charge in [-0.2, -0.15) is 0 Å². The van der Waals surface area contributed by atoms with Crippen LogP contribution < -0.4 is 19.9 Å². The number of carboxylic acids is 1. The van der Waals surface area contributed by atoms with Crippen LogP contribution in [0.25, 0.3) is 21.9 Å².